The minimum atomic E-state index is -0.984. The quantitative estimate of drug-likeness (QED) is 0.656. The fraction of sp³-hybridized carbons (Fsp3) is 0.833. The average Bonchev–Trinajstić information content (AvgIpc) is 2.11. The molecule has 0 aliphatic heterocycles. The number of aliphatic carboxylic acids is 1. The van der Waals surface area contributed by atoms with E-state index in [1.165, 1.54) is 0 Å². The number of nitrogens with one attached hydrogen (secondary N) is 1. The van der Waals surface area contributed by atoms with Gasteiger partial charge in [-0.3, -0.25) is 9.59 Å². The smallest absolute Gasteiger partial charge is 0.309 e. The largest absolute Gasteiger partial charge is 0.481 e. The molecule has 4 heteroatoms. The van der Waals surface area contributed by atoms with Crippen molar-refractivity contribution in [1.29, 1.82) is 0 Å². The summed E-state index contributed by atoms with van der Waals surface area (Å²) in [5, 5.41) is 11.6. The van der Waals surface area contributed by atoms with Gasteiger partial charge in [-0.25, -0.2) is 0 Å². The van der Waals surface area contributed by atoms with Gasteiger partial charge in [-0.05, 0) is 32.6 Å². The van der Waals surface area contributed by atoms with Crippen molar-refractivity contribution in [3.63, 3.8) is 0 Å². The Morgan fingerprint density at radius 3 is 2.31 bits per heavy atom. The fourth-order valence-electron chi connectivity index (χ4n) is 1.28. The molecule has 4 nitrogen and oxygen atoms in total. The Hall–Kier alpha value is -1.06. The minimum Gasteiger partial charge on any atom is -0.481 e. The number of hydrogen-bond donors (Lipinski definition) is 2. The van der Waals surface area contributed by atoms with Crippen molar-refractivity contribution in [2.24, 2.45) is 11.3 Å². The maximum absolute atomic E-state index is 11.4. The van der Waals surface area contributed by atoms with Crippen LogP contribution in [0.15, 0.2) is 0 Å². The molecule has 0 spiro atoms. The van der Waals surface area contributed by atoms with E-state index in [0.29, 0.717) is 12.5 Å². The number of carbonyl (C=O) groups is 2. The number of rotatable bonds is 7. The van der Waals surface area contributed by atoms with Crippen molar-refractivity contribution in [2.75, 3.05) is 6.54 Å². The lowest BCUT2D eigenvalue weighted by Gasteiger charge is -2.18. The van der Waals surface area contributed by atoms with E-state index < -0.39 is 11.4 Å². The Morgan fingerprint density at radius 1 is 1.31 bits per heavy atom. The Balaban J connectivity index is 3.79. The van der Waals surface area contributed by atoms with Crippen LogP contribution in [0.4, 0.5) is 0 Å². The van der Waals surface area contributed by atoms with Crippen LogP contribution in [0.1, 0.15) is 47.0 Å². The van der Waals surface area contributed by atoms with E-state index in [1.54, 1.807) is 13.8 Å². The summed E-state index contributed by atoms with van der Waals surface area (Å²) in [6.45, 7) is 8.02. The number of carbonyl (C=O) groups excluding carboxylic acids is 1. The van der Waals surface area contributed by atoms with E-state index in [9.17, 15) is 9.59 Å². The molecule has 0 heterocycles. The van der Waals surface area contributed by atoms with Crippen molar-refractivity contribution in [3.8, 4) is 0 Å². The number of carboxylic acid groups (broad SMARTS) is 1. The highest BCUT2D eigenvalue weighted by molar-refractivity contribution is 5.84. The molecule has 0 aromatic carbocycles. The first kappa shape index (κ1) is 14.9. The van der Waals surface area contributed by atoms with E-state index in [4.69, 9.17) is 5.11 Å². The molecule has 94 valence electrons. The molecule has 0 fully saturated rings. The molecule has 0 aromatic heterocycles. The molecule has 0 aliphatic carbocycles. The van der Waals surface area contributed by atoms with Crippen LogP contribution in [0.5, 0.6) is 0 Å². The fourth-order valence-corrected chi connectivity index (χ4v) is 1.28. The standard InChI is InChI=1S/C12H23NO3/c1-9(2)6-5-7-13-10(14)8-12(3,4)11(15)16/h9H,5-8H2,1-4H3,(H,13,14)(H,15,16). The van der Waals surface area contributed by atoms with Gasteiger partial charge in [0.05, 0.1) is 5.41 Å². The van der Waals surface area contributed by atoms with E-state index in [1.807, 2.05) is 0 Å². The summed E-state index contributed by atoms with van der Waals surface area (Å²) in [5.41, 5.74) is -0.984. The van der Waals surface area contributed by atoms with Crippen LogP contribution < -0.4 is 5.32 Å². The molecular formula is C12H23NO3. The van der Waals surface area contributed by atoms with Gasteiger partial charge in [0.1, 0.15) is 0 Å². The molecule has 0 saturated heterocycles. The normalized spacial score (nSPS) is 11.6. The van der Waals surface area contributed by atoms with Gasteiger partial charge in [0.15, 0.2) is 0 Å². The summed E-state index contributed by atoms with van der Waals surface area (Å²) >= 11 is 0. The van der Waals surface area contributed by atoms with Crippen LogP contribution in [-0.4, -0.2) is 23.5 Å². The van der Waals surface area contributed by atoms with Crippen molar-refractivity contribution in [1.82, 2.24) is 5.32 Å². The Kier molecular flexibility index (Phi) is 6.08. The Bertz CT molecular complexity index is 247. The summed E-state index contributed by atoms with van der Waals surface area (Å²) in [6, 6.07) is 0. The van der Waals surface area contributed by atoms with Gasteiger partial charge in [-0.2, -0.15) is 0 Å². The molecule has 0 aliphatic rings. The summed E-state index contributed by atoms with van der Waals surface area (Å²) in [6.07, 6.45) is 2.05. The maximum Gasteiger partial charge on any atom is 0.309 e. The minimum absolute atomic E-state index is 0.0318. The third-order valence-electron chi connectivity index (χ3n) is 2.46. The first-order chi connectivity index (χ1) is 7.25. The van der Waals surface area contributed by atoms with Gasteiger partial charge < -0.3 is 10.4 Å². The van der Waals surface area contributed by atoms with Crippen molar-refractivity contribution in [2.45, 2.75) is 47.0 Å². The van der Waals surface area contributed by atoms with Gasteiger partial charge in [-0.1, -0.05) is 13.8 Å². The topological polar surface area (TPSA) is 66.4 Å². The highest BCUT2D eigenvalue weighted by Gasteiger charge is 2.29. The first-order valence-electron chi connectivity index (χ1n) is 5.76. The second-order valence-electron chi connectivity index (χ2n) is 5.25. The van der Waals surface area contributed by atoms with E-state index in [2.05, 4.69) is 19.2 Å². The highest BCUT2D eigenvalue weighted by atomic mass is 16.4. The molecular weight excluding hydrogens is 206 g/mol. The van der Waals surface area contributed by atoms with Gasteiger partial charge in [0.25, 0.3) is 0 Å². The predicted molar refractivity (Wildman–Crippen MR) is 63.1 cm³/mol. The molecule has 1 amide bonds. The monoisotopic (exact) mass is 229 g/mol. The molecule has 0 radical (unpaired) electrons. The summed E-state index contributed by atoms with van der Waals surface area (Å²) < 4.78 is 0. The van der Waals surface area contributed by atoms with E-state index >= 15 is 0 Å². The predicted octanol–water partition coefficient (Wildman–Crippen LogP) is 2.04. The molecule has 16 heavy (non-hydrogen) atoms. The van der Waals surface area contributed by atoms with Gasteiger partial charge in [-0.15, -0.1) is 0 Å². The van der Waals surface area contributed by atoms with Crippen LogP contribution in [0.25, 0.3) is 0 Å². The number of hydrogen-bond acceptors (Lipinski definition) is 2. The Morgan fingerprint density at radius 2 is 1.88 bits per heavy atom. The zero-order valence-electron chi connectivity index (χ0n) is 10.7. The molecule has 0 rings (SSSR count). The van der Waals surface area contributed by atoms with Gasteiger partial charge in [0, 0.05) is 13.0 Å². The van der Waals surface area contributed by atoms with Gasteiger partial charge >= 0.3 is 5.97 Å². The van der Waals surface area contributed by atoms with E-state index in [-0.39, 0.29) is 12.3 Å². The van der Waals surface area contributed by atoms with Crippen molar-refractivity contribution in [3.05, 3.63) is 0 Å². The zero-order chi connectivity index (χ0) is 12.8. The molecule has 0 saturated carbocycles. The average molecular weight is 229 g/mol. The molecule has 0 unspecified atom stereocenters. The molecule has 0 atom stereocenters. The van der Waals surface area contributed by atoms with Crippen molar-refractivity contribution >= 4 is 11.9 Å². The van der Waals surface area contributed by atoms with Crippen LogP contribution in [0.3, 0.4) is 0 Å². The van der Waals surface area contributed by atoms with Crippen LogP contribution in [0, 0.1) is 11.3 Å². The number of carboxylic acids is 1. The summed E-state index contributed by atoms with van der Waals surface area (Å²) in [7, 11) is 0. The molecule has 0 bridgehead atoms. The maximum atomic E-state index is 11.4. The third kappa shape index (κ3) is 6.43. The SMILES string of the molecule is CC(C)CCCNC(=O)CC(C)(C)C(=O)O. The van der Waals surface area contributed by atoms with Gasteiger partial charge in [0.2, 0.25) is 5.91 Å². The Labute approximate surface area is 97.4 Å². The lowest BCUT2D eigenvalue weighted by atomic mass is 9.89. The lowest BCUT2D eigenvalue weighted by molar-refractivity contribution is -0.149. The lowest BCUT2D eigenvalue weighted by Crippen LogP contribution is -2.33. The first-order valence-corrected chi connectivity index (χ1v) is 5.76. The van der Waals surface area contributed by atoms with Crippen LogP contribution in [-0.2, 0) is 9.59 Å². The van der Waals surface area contributed by atoms with E-state index in [0.717, 1.165) is 12.8 Å². The molecule has 2 N–H and O–H groups in total. The molecule has 0 aromatic rings. The van der Waals surface area contributed by atoms with Crippen molar-refractivity contribution < 1.29 is 14.7 Å². The summed E-state index contributed by atoms with van der Waals surface area (Å²) in [4.78, 5) is 22.2. The zero-order valence-corrected chi connectivity index (χ0v) is 10.7. The van der Waals surface area contributed by atoms with Crippen LogP contribution in [0.2, 0.25) is 0 Å². The number of amides is 1. The highest BCUT2D eigenvalue weighted by Crippen LogP contribution is 2.19. The van der Waals surface area contributed by atoms with Crippen LogP contribution >= 0.6 is 0 Å². The second kappa shape index (κ2) is 6.51. The summed E-state index contributed by atoms with van der Waals surface area (Å²) in [5.74, 6) is -0.492. The second-order valence-corrected chi connectivity index (χ2v) is 5.25. The third-order valence-corrected chi connectivity index (χ3v) is 2.46.